The first-order valence-electron chi connectivity index (χ1n) is 5.50. The average molecular weight is 337 g/mol. The zero-order chi connectivity index (χ0) is 13.0. The Morgan fingerprint density at radius 2 is 2.17 bits per heavy atom. The summed E-state index contributed by atoms with van der Waals surface area (Å²) in [7, 11) is 0. The fraction of sp³-hybridized carbons (Fsp3) is 0.385. The van der Waals surface area contributed by atoms with Crippen LogP contribution in [0.1, 0.15) is 31.9 Å². The standard InChI is InChI=1S/C13H18BrNO2.ClH/c1-4-17-12-7-9(6-10(14)13(12)16)11(15)5-8(2)3;/h6-7,11,16H,2,4-5,15H2,1,3H3;1H/t11-;/m1./s1. The van der Waals surface area contributed by atoms with Crippen LogP contribution in [0.3, 0.4) is 0 Å². The van der Waals surface area contributed by atoms with E-state index >= 15 is 0 Å². The van der Waals surface area contributed by atoms with Gasteiger partial charge < -0.3 is 15.6 Å². The van der Waals surface area contributed by atoms with Crippen LogP contribution in [-0.2, 0) is 0 Å². The highest BCUT2D eigenvalue weighted by Gasteiger charge is 2.13. The fourth-order valence-corrected chi connectivity index (χ4v) is 2.03. The van der Waals surface area contributed by atoms with Crippen molar-refractivity contribution < 1.29 is 9.84 Å². The van der Waals surface area contributed by atoms with E-state index in [-0.39, 0.29) is 24.2 Å². The Labute approximate surface area is 123 Å². The van der Waals surface area contributed by atoms with E-state index in [4.69, 9.17) is 10.5 Å². The maximum absolute atomic E-state index is 9.79. The van der Waals surface area contributed by atoms with Crippen LogP contribution in [0.25, 0.3) is 0 Å². The summed E-state index contributed by atoms with van der Waals surface area (Å²) in [6.45, 7) is 8.16. The lowest BCUT2D eigenvalue weighted by Crippen LogP contribution is -2.10. The Bertz CT molecular complexity index is 424. The molecule has 0 heterocycles. The summed E-state index contributed by atoms with van der Waals surface area (Å²) in [5.41, 5.74) is 8.01. The smallest absolute Gasteiger partial charge is 0.172 e. The largest absolute Gasteiger partial charge is 0.503 e. The molecule has 0 amide bonds. The summed E-state index contributed by atoms with van der Waals surface area (Å²) >= 11 is 3.29. The number of hydrogen-bond donors (Lipinski definition) is 2. The van der Waals surface area contributed by atoms with Gasteiger partial charge in [-0.1, -0.05) is 5.57 Å². The van der Waals surface area contributed by atoms with Gasteiger partial charge in [0.15, 0.2) is 11.5 Å². The molecule has 5 heteroatoms. The summed E-state index contributed by atoms with van der Waals surface area (Å²) < 4.78 is 5.95. The van der Waals surface area contributed by atoms with Crippen molar-refractivity contribution in [3.8, 4) is 11.5 Å². The molecule has 3 N–H and O–H groups in total. The van der Waals surface area contributed by atoms with E-state index in [0.717, 1.165) is 11.1 Å². The van der Waals surface area contributed by atoms with Crippen LogP contribution in [0.4, 0.5) is 0 Å². The normalized spacial score (nSPS) is 11.6. The predicted molar refractivity (Wildman–Crippen MR) is 80.6 cm³/mol. The molecule has 1 atom stereocenters. The van der Waals surface area contributed by atoms with Gasteiger partial charge in [-0.05, 0) is 53.9 Å². The molecule has 1 aromatic rings. The topological polar surface area (TPSA) is 55.5 Å². The second kappa shape index (κ2) is 7.67. The van der Waals surface area contributed by atoms with Crippen molar-refractivity contribution in [1.82, 2.24) is 0 Å². The van der Waals surface area contributed by atoms with Crippen LogP contribution in [0.5, 0.6) is 11.5 Å². The molecule has 102 valence electrons. The number of halogens is 2. The van der Waals surface area contributed by atoms with E-state index in [9.17, 15) is 5.11 Å². The molecule has 0 bridgehead atoms. The highest BCUT2D eigenvalue weighted by atomic mass is 79.9. The van der Waals surface area contributed by atoms with E-state index in [2.05, 4.69) is 22.5 Å². The lowest BCUT2D eigenvalue weighted by Gasteiger charge is -2.15. The minimum absolute atomic E-state index is 0. The Morgan fingerprint density at radius 3 is 2.67 bits per heavy atom. The van der Waals surface area contributed by atoms with E-state index in [1.54, 1.807) is 6.07 Å². The van der Waals surface area contributed by atoms with Crippen LogP contribution < -0.4 is 10.5 Å². The van der Waals surface area contributed by atoms with Crippen LogP contribution in [-0.4, -0.2) is 11.7 Å². The van der Waals surface area contributed by atoms with E-state index < -0.39 is 0 Å². The summed E-state index contributed by atoms with van der Waals surface area (Å²) in [5, 5.41) is 9.79. The number of rotatable bonds is 5. The molecule has 0 aromatic heterocycles. The van der Waals surface area contributed by atoms with Gasteiger partial charge in [0.2, 0.25) is 0 Å². The zero-order valence-electron chi connectivity index (χ0n) is 10.6. The molecular weight excluding hydrogens is 318 g/mol. The molecule has 0 unspecified atom stereocenters. The molecule has 1 aromatic carbocycles. The number of ether oxygens (including phenoxy) is 1. The lowest BCUT2D eigenvalue weighted by molar-refractivity contribution is 0.316. The van der Waals surface area contributed by atoms with E-state index in [1.807, 2.05) is 19.9 Å². The number of nitrogens with two attached hydrogens (primary N) is 1. The Kier molecular flexibility index (Phi) is 7.36. The second-order valence-electron chi connectivity index (χ2n) is 4.05. The molecule has 0 saturated heterocycles. The SMILES string of the molecule is C=C(C)C[C@@H](N)c1cc(Br)c(O)c(OCC)c1.Cl. The van der Waals surface area contributed by atoms with E-state index in [0.29, 0.717) is 23.2 Å². The van der Waals surface area contributed by atoms with Crippen molar-refractivity contribution in [3.63, 3.8) is 0 Å². The highest BCUT2D eigenvalue weighted by molar-refractivity contribution is 9.10. The summed E-state index contributed by atoms with van der Waals surface area (Å²) in [6, 6.07) is 3.45. The van der Waals surface area contributed by atoms with Gasteiger partial charge in [0.25, 0.3) is 0 Å². The number of phenols is 1. The van der Waals surface area contributed by atoms with Gasteiger partial charge in [0.05, 0.1) is 11.1 Å². The zero-order valence-corrected chi connectivity index (χ0v) is 13.0. The maximum atomic E-state index is 9.79. The Hall–Kier alpha value is -0.710. The molecule has 0 aliphatic rings. The molecule has 0 fully saturated rings. The first kappa shape index (κ1) is 17.3. The van der Waals surface area contributed by atoms with Gasteiger partial charge in [-0.15, -0.1) is 19.0 Å². The van der Waals surface area contributed by atoms with Crippen LogP contribution in [0.2, 0.25) is 0 Å². The van der Waals surface area contributed by atoms with Crippen molar-refractivity contribution in [3.05, 3.63) is 34.3 Å². The van der Waals surface area contributed by atoms with Crippen LogP contribution in [0.15, 0.2) is 28.8 Å². The van der Waals surface area contributed by atoms with Gasteiger partial charge in [-0.2, -0.15) is 0 Å². The number of hydrogen-bond acceptors (Lipinski definition) is 3. The van der Waals surface area contributed by atoms with Crippen LogP contribution >= 0.6 is 28.3 Å². The Balaban J connectivity index is 0.00000289. The molecule has 1 rings (SSSR count). The fourth-order valence-electron chi connectivity index (χ4n) is 1.57. The van der Waals surface area contributed by atoms with Gasteiger partial charge in [0, 0.05) is 6.04 Å². The summed E-state index contributed by atoms with van der Waals surface area (Å²) in [4.78, 5) is 0. The van der Waals surface area contributed by atoms with Gasteiger partial charge in [-0.25, -0.2) is 0 Å². The van der Waals surface area contributed by atoms with Crippen molar-refractivity contribution in [2.45, 2.75) is 26.3 Å². The first-order chi connectivity index (χ1) is 7.95. The van der Waals surface area contributed by atoms with Crippen LogP contribution in [0, 0.1) is 0 Å². The third-order valence-corrected chi connectivity index (χ3v) is 2.95. The molecule has 0 aliphatic heterocycles. The minimum Gasteiger partial charge on any atom is -0.503 e. The van der Waals surface area contributed by atoms with Crippen molar-refractivity contribution in [2.75, 3.05) is 6.61 Å². The molecule has 3 nitrogen and oxygen atoms in total. The molecule has 0 radical (unpaired) electrons. The average Bonchev–Trinajstić information content (AvgIpc) is 2.23. The van der Waals surface area contributed by atoms with Crippen molar-refractivity contribution in [1.29, 1.82) is 0 Å². The van der Waals surface area contributed by atoms with E-state index in [1.165, 1.54) is 0 Å². The monoisotopic (exact) mass is 335 g/mol. The second-order valence-corrected chi connectivity index (χ2v) is 4.90. The highest BCUT2D eigenvalue weighted by Crippen LogP contribution is 2.37. The predicted octanol–water partition coefficient (Wildman–Crippen LogP) is 3.94. The number of phenolic OH excluding ortho intramolecular Hbond substituents is 1. The first-order valence-corrected chi connectivity index (χ1v) is 6.30. The number of aromatic hydroxyl groups is 1. The molecule has 18 heavy (non-hydrogen) atoms. The molecule has 0 saturated carbocycles. The molecule has 0 aliphatic carbocycles. The van der Waals surface area contributed by atoms with Crippen molar-refractivity contribution in [2.24, 2.45) is 5.73 Å². The molecule has 0 spiro atoms. The summed E-state index contributed by atoms with van der Waals surface area (Å²) in [5.74, 6) is 0.562. The number of benzene rings is 1. The van der Waals surface area contributed by atoms with Gasteiger partial charge >= 0.3 is 0 Å². The maximum Gasteiger partial charge on any atom is 0.172 e. The summed E-state index contributed by atoms with van der Waals surface area (Å²) in [6.07, 6.45) is 0.711. The third kappa shape index (κ3) is 4.52. The molecular formula is C13H19BrClNO2. The quantitative estimate of drug-likeness (QED) is 0.801. The Morgan fingerprint density at radius 1 is 1.56 bits per heavy atom. The minimum atomic E-state index is -0.136. The third-order valence-electron chi connectivity index (χ3n) is 2.35. The lowest BCUT2D eigenvalue weighted by atomic mass is 10.0. The van der Waals surface area contributed by atoms with Crippen molar-refractivity contribution >= 4 is 28.3 Å². The van der Waals surface area contributed by atoms with Gasteiger partial charge in [0.1, 0.15) is 0 Å². The van der Waals surface area contributed by atoms with Gasteiger partial charge in [-0.3, -0.25) is 0 Å².